The van der Waals surface area contributed by atoms with Gasteiger partial charge in [-0.2, -0.15) is 0 Å². The number of carbonyl (C=O) groups excluding carboxylic acids is 2. The maximum atomic E-state index is 12.0. The van der Waals surface area contributed by atoms with E-state index in [0.29, 0.717) is 18.7 Å². The highest BCUT2D eigenvalue weighted by Gasteiger charge is 2.19. The number of urea groups is 1. The molecule has 1 heterocycles. The number of nitrogens with zero attached hydrogens (tertiary/aromatic N) is 2. The number of oxime groups is 1. The number of likely N-dealkylation sites (tertiary alicyclic amines) is 1. The Morgan fingerprint density at radius 2 is 1.93 bits per heavy atom. The fourth-order valence-electron chi connectivity index (χ4n) is 2.82. The lowest BCUT2D eigenvalue weighted by molar-refractivity contribution is 0.167. The van der Waals surface area contributed by atoms with Crippen molar-refractivity contribution in [2.24, 2.45) is 5.16 Å². The van der Waals surface area contributed by atoms with Gasteiger partial charge in [0.05, 0.1) is 0 Å². The van der Waals surface area contributed by atoms with Crippen LogP contribution in [0, 0.1) is 0 Å². The van der Waals surface area contributed by atoms with Crippen molar-refractivity contribution in [2.45, 2.75) is 19.4 Å². The number of amides is 3. The Morgan fingerprint density at radius 1 is 1.14 bits per heavy atom. The summed E-state index contributed by atoms with van der Waals surface area (Å²) in [5.74, 6) is 0.394. The van der Waals surface area contributed by atoms with Gasteiger partial charge < -0.3 is 20.2 Å². The zero-order chi connectivity index (χ0) is 19.8. The van der Waals surface area contributed by atoms with Crippen LogP contribution in [0.25, 0.3) is 0 Å². The number of rotatable bonds is 6. The average molecular weight is 382 g/mol. The van der Waals surface area contributed by atoms with E-state index in [2.05, 4.69) is 15.8 Å². The third kappa shape index (κ3) is 5.23. The van der Waals surface area contributed by atoms with E-state index in [0.717, 1.165) is 42.5 Å². The summed E-state index contributed by atoms with van der Waals surface area (Å²) in [7, 11) is 0. The second kappa shape index (κ2) is 9.40. The largest absolute Gasteiger partial charge is 0.417 e. The van der Waals surface area contributed by atoms with Crippen LogP contribution in [-0.4, -0.2) is 41.7 Å². The molecule has 1 aliphatic heterocycles. The van der Waals surface area contributed by atoms with Crippen LogP contribution in [-0.2, 0) is 13.0 Å². The number of carbonyl (C=O) groups is 2. The summed E-state index contributed by atoms with van der Waals surface area (Å²) in [5.41, 5.74) is 2.77. The lowest BCUT2D eigenvalue weighted by Crippen LogP contribution is -2.47. The Kier molecular flexibility index (Phi) is 6.46. The zero-order valence-corrected chi connectivity index (χ0v) is 15.3. The van der Waals surface area contributed by atoms with Gasteiger partial charge in [0.15, 0.2) is 0 Å². The van der Waals surface area contributed by atoms with E-state index in [-0.39, 0.29) is 6.03 Å². The van der Waals surface area contributed by atoms with Crippen LogP contribution in [0.15, 0.2) is 53.7 Å². The smallest absolute Gasteiger partial charge is 0.410 e. The molecule has 8 nitrogen and oxygen atoms in total. The van der Waals surface area contributed by atoms with Gasteiger partial charge in [-0.25, -0.2) is 9.59 Å². The monoisotopic (exact) mass is 382 g/mol. The van der Waals surface area contributed by atoms with Crippen molar-refractivity contribution in [2.75, 3.05) is 13.1 Å². The van der Waals surface area contributed by atoms with E-state index in [1.165, 1.54) is 0 Å². The van der Waals surface area contributed by atoms with Gasteiger partial charge in [0.2, 0.25) is 0 Å². The molecule has 0 unspecified atom stereocenters. The summed E-state index contributed by atoms with van der Waals surface area (Å²) in [6.45, 7) is 1.98. The van der Waals surface area contributed by atoms with Gasteiger partial charge in [-0.05, 0) is 35.2 Å². The van der Waals surface area contributed by atoms with E-state index >= 15 is 0 Å². The lowest BCUT2D eigenvalue weighted by Gasteiger charge is -2.30. The highest BCUT2D eigenvalue weighted by Crippen LogP contribution is 2.24. The first kappa shape index (κ1) is 19.2. The summed E-state index contributed by atoms with van der Waals surface area (Å²) in [6, 6.07) is 15.1. The van der Waals surface area contributed by atoms with Crippen LogP contribution < -0.4 is 15.4 Å². The minimum atomic E-state index is -0.758. The van der Waals surface area contributed by atoms with Gasteiger partial charge in [0.1, 0.15) is 12.1 Å². The number of hydrogen-bond acceptors (Lipinski definition) is 5. The van der Waals surface area contributed by atoms with Crippen molar-refractivity contribution in [3.8, 4) is 5.75 Å². The molecule has 0 saturated carbocycles. The average Bonchev–Trinajstić information content (AvgIpc) is 2.66. The summed E-state index contributed by atoms with van der Waals surface area (Å²) in [5, 5.41) is 16.2. The molecule has 0 aliphatic carbocycles. The summed E-state index contributed by atoms with van der Waals surface area (Å²) >= 11 is 0. The molecule has 28 heavy (non-hydrogen) atoms. The quantitative estimate of drug-likeness (QED) is 0.309. The van der Waals surface area contributed by atoms with Gasteiger partial charge in [-0.1, -0.05) is 41.6 Å². The summed E-state index contributed by atoms with van der Waals surface area (Å²) in [4.78, 5) is 25.5. The number of ether oxygens (including phenoxy) is 1. The minimum Gasteiger partial charge on any atom is -0.410 e. The molecule has 0 aromatic heterocycles. The predicted octanol–water partition coefficient (Wildman–Crippen LogP) is 2.70. The second-order valence-corrected chi connectivity index (χ2v) is 6.38. The Balaban J connectivity index is 1.74. The molecular formula is C20H22N4O4. The molecule has 0 bridgehead atoms. The Labute approximate surface area is 162 Å². The van der Waals surface area contributed by atoms with Crippen molar-refractivity contribution in [1.82, 2.24) is 15.5 Å². The first-order chi connectivity index (χ1) is 13.7. The molecule has 2 aromatic carbocycles. The fraction of sp³-hybridized carbons (Fsp3) is 0.250. The van der Waals surface area contributed by atoms with Crippen LogP contribution in [0.2, 0.25) is 0 Å². The van der Waals surface area contributed by atoms with Crippen molar-refractivity contribution >= 4 is 18.5 Å². The van der Waals surface area contributed by atoms with E-state index in [4.69, 9.17) is 9.94 Å². The molecular weight excluding hydrogens is 360 g/mol. The molecule has 1 saturated heterocycles. The van der Waals surface area contributed by atoms with Gasteiger partial charge in [0, 0.05) is 26.1 Å². The van der Waals surface area contributed by atoms with Gasteiger partial charge in [-0.3, -0.25) is 5.32 Å². The van der Waals surface area contributed by atoms with Crippen molar-refractivity contribution < 1.29 is 19.5 Å². The molecule has 146 valence electrons. The number of benzene rings is 2. The van der Waals surface area contributed by atoms with Crippen molar-refractivity contribution in [3.05, 3.63) is 65.2 Å². The maximum Gasteiger partial charge on any atom is 0.417 e. The normalized spacial score (nSPS) is 13.1. The van der Waals surface area contributed by atoms with Crippen molar-refractivity contribution in [3.63, 3.8) is 0 Å². The minimum absolute atomic E-state index is 0.0705. The lowest BCUT2D eigenvalue weighted by atomic mass is 10.0. The zero-order valence-electron chi connectivity index (χ0n) is 15.3. The second-order valence-electron chi connectivity index (χ2n) is 6.38. The van der Waals surface area contributed by atoms with Gasteiger partial charge in [0.25, 0.3) is 0 Å². The first-order valence-corrected chi connectivity index (χ1v) is 8.98. The molecule has 0 spiro atoms. The Bertz CT molecular complexity index is 851. The van der Waals surface area contributed by atoms with E-state index in [1.807, 2.05) is 36.4 Å². The summed E-state index contributed by atoms with van der Waals surface area (Å²) < 4.78 is 5.32. The third-order valence-corrected chi connectivity index (χ3v) is 4.39. The third-order valence-electron chi connectivity index (χ3n) is 4.39. The van der Waals surface area contributed by atoms with Crippen LogP contribution in [0.4, 0.5) is 9.59 Å². The molecule has 0 atom stereocenters. The molecule has 3 amide bonds. The highest BCUT2D eigenvalue weighted by molar-refractivity contribution is 5.83. The van der Waals surface area contributed by atoms with Crippen LogP contribution in [0.5, 0.6) is 5.75 Å². The molecule has 3 rings (SSSR count). The fourth-order valence-corrected chi connectivity index (χ4v) is 2.82. The summed E-state index contributed by atoms with van der Waals surface area (Å²) in [6.07, 6.45) is 1.68. The van der Waals surface area contributed by atoms with E-state index in [1.54, 1.807) is 17.0 Å². The number of nitrogens with one attached hydrogen (secondary N) is 2. The molecule has 1 fully saturated rings. The van der Waals surface area contributed by atoms with E-state index < -0.39 is 6.09 Å². The van der Waals surface area contributed by atoms with Gasteiger partial charge >= 0.3 is 12.1 Å². The standard InChI is InChI=1S/C20H22N4O4/c25-19(24-9-4-10-24)21-13-16-7-8-18(28-20(26)22-14-23-27)17(12-16)11-15-5-2-1-3-6-15/h1-3,5-8,12,14,27H,4,9-11,13H2,(H,21,25)(H,22,23,26). The number of hydrogen-bond donors (Lipinski definition) is 3. The molecule has 0 radical (unpaired) electrons. The van der Waals surface area contributed by atoms with Crippen molar-refractivity contribution in [1.29, 1.82) is 0 Å². The van der Waals surface area contributed by atoms with Crippen LogP contribution >= 0.6 is 0 Å². The van der Waals surface area contributed by atoms with Crippen LogP contribution in [0.1, 0.15) is 23.1 Å². The SMILES string of the molecule is O=C(NC=NO)Oc1ccc(CNC(=O)N2CCC2)cc1Cc1ccccc1. The van der Waals surface area contributed by atoms with Gasteiger partial charge in [-0.15, -0.1) is 0 Å². The van der Waals surface area contributed by atoms with E-state index in [9.17, 15) is 9.59 Å². The predicted molar refractivity (Wildman–Crippen MR) is 104 cm³/mol. The Hall–Kier alpha value is -3.55. The first-order valence-electron chi connectivity index (χ1n) is 8.98. The van der Waals surface area contributed by atoms with Crippen LogP contribution in [0.3, 0.4) is 0 Å². The molecule has 3 N–H and O–H groups in total. The maximum absolute atomic E-state index is 12.0. The topological polar surface area (TPSA) is 103 Å². The molecule has 2 aromatic rings. The highest BCUT2D eigenvalue weighted by atomic mass is 16.6. The molecule has 8 heteroatoms. The Morgan fingerprint density at radius 3 is 2.61 bits per heavy atom. The molecule has 1 aliphatic rings.